The SMILES string of the molecule is C=P([N-]P(=O)(c1ccccc1)c1ccccc1)(c1ccccc1)c1ccccc1.C=P([N-]P(=S)(c1ccccc1)c1ccccc1)(c1ccccc1)c1ccccc1. The summed E-state index contributed by atoms with van der Waals surface area (Å²) in [6.07, 6.45) is 6.94. The van der Waals surface area contributed by atoms with Gasteiger partial charge >= 0.3 is 0 Å². The van der Waals surface area contributed by atoms with E-state index in [1.165, 1.54) is 0 Å². The van der Waals surface area contributed by atoms with Crippen molar-refractivity contribution in [3.63, 3.8) is 0 Å². The zero-order chi connectivity index (χ0) is 40.3. The first-order valence-corrected chi connectivity index (χ1v) is 27.1. The van der Waals surface area contributed by atoms with Crippen LogP contribution >= 0.6 is 27.6 Å². The molecule has 0 saturated heterocycles. The van der Waals surface area contributed by atoms with Gasteiger partial charge < -0.3 is 14.3 Å². The maximum absolute atomic E-state index is 14.6. The molecule has 0 aliphatic carbocycles. The standard InChI is InChI=1S/C25H22NOP2.C25H22NP2S/c1-28(22-14-6-2-7-15-22,23-16-8-3-9-17-23)26-29(27,24-18-10-4-11-19-24)25-20-12-5-13-21-25;1-27(22-14-6-2-7-15-22,23-16-8-3-9-17-23)26-28(29,24-18-10-4-11-19-24)25-20-12-5-13-21-25/h2*2-21H,1H2/q2*-1. The van der Waals surface area contributed by atoms with Crippen molar-refractivity contribution in [2.75, 3.05) is 0 Å². The average Bonchev–Trinajstić information content (AvgIpc) is 3.31. The summed E-state index contributed by atoms with van der Waals surface area (Å²) in [5.74, 6) is 0. The van der Waals surface area contributed by atoms with E-state index in [0.717, 1.165) is 42.4 Å². The molecule has 0 saturated carbocycles. The summed E-state index contributed by atoms with van der Waals surface area (Å²) in [6, 6.07) is 80.7. The van der Waals surface area contributed by atoms with E-state index in [1.54, 1.807) is 0 Å². The van der Waals surface area contributed by atoms with Crippen LogP contribution in [0.4, 0.5) is 0 Å². The Labute approximate surface area is 349 Å². The topological polar surface area (TPSA) is 45.3 Å². The molecule has 0 radical (unpaired) electrons. The number of rotatable bonds is 12. The van der Waals surface area contributed by atoms with Gasteiger partial charge in [0.05, 0.1) is 7.29 Å². The Morgan fingerprint density at radius 2 is 0.483 bits per heavy atom. The van der Waals surface area contributed by atoms with Gasteiger partial charge in [0.15, 0.2) is 0 Å². The van der Waals surface area contributed by atoms with Crippen LogP contribution in [0.1, 0.15) is 0 Å². The van der Waals surface area contributed by atoms with Crippen molar-refractivity contribution in [1.29, 1.82) is 0 Å². The highest BCUT2D eigenvalue weighted by Crippen LogP contribution is 2.68. The summed E-state index contributed by atoms with van der Waals surface area (Å²) in [7, 11) is -8.09. The van der Waals surface area contributed by atoms with E-state index < -0.39 is 27.6 Å². The molecule has 3 nitrogen and oxygen atoms in total. The minimum Gasteiger partial charge on any atom is -0.586 e. The van der Waals surface area contributed by atoms with Crippen molar-refractivity contribution in [3.05, 3.63) is 252 Å². The van der Waals surface area contributed by atoms with E-state index in [9.17, 15) is 4.57 Å². The molecule has 0 aliphatic heterocycles. The van der Waals surface area contributed by atoms with Crippen LogP contribution in [0.25, 0.3) is 9.72 Å². The summed E-state index contributed by atoms with van der Waals surface area (Å²) in [5.41, 5.74) is 0. The fourth-order valence-corrected chi connectivity index (χ4v) is 21.4. The molecule has 0 bridgehead atoms. The van der Waals surface area contributed by atoms with Gasteiger partial charge in [-0.05, 0) is 42.4 Å². The second kappa shape index (κ2) is 18.8. The van der Waals surface area contributed by atoms with Gasteiger partial charge in [-0.1, -0.05) is 249 Å². The zero-order valence-electron chi connectivity index (χ0n) is 32.0. The smallest absolute Gasteiger partial charge is 0.0574 e. The van der Waals surface area contributed by atoms with Crippen molar-refractivity contribution < 1.29 is 4.57 Å². The Hall–Kier alpha value is -4.84. The molecule has 0 unspecified atom stereocenters. The average molecular weight is 845 g/mol. The molecule has 0 atom stereocenters. The first-order chi connectivity index (χ1) is 28.3. The van der Waals surface area contributed by atoms with Gasteiger partial charge in [-0.3, -0.25) is 0 Å². The number of benzene rings is 8. The summed E-state index contributed by atoms with van der Waals surface area (Å²) >= 11 is 6.42. The maximum Gasteiger partial charge on any atom is 0.0574 e. The molecular weight excluding hydrogens is 801 g/mol. The number of nitrogens with zero attached hydrogens (tertiary/aromatic N) is 2. The molecule has 0 aromatic heterocycles. The van der Waals surface area contributed by atoms with Crippen molar-refractivity contribution >= 4 is 94.4 Å². The maximum atomic E-state index is 14.6. The molecular formula is C50H44N2OP4S-2. The van der Waals surface area contributed by atoms with Gasteiger partial charge in [-0.25, -0.2) is 0 Å². The number of hydrogen-bond acceptors (Lipinski definition) is 2. The largest absolute Gasteiger partial charge is 0.586 e. The molecule has 288 valence electrons. The summed E-state index contributed by atoms with van der Waals surface area (Å²) in [5, 5.41) is 7.97. The molecule has 0 heterocycles. The molecule has 58 heavy (non-hydrogen) atoms. The Morgan fingerprint density at radius 3 is 0.724 bits per heavy atom. The first kappa shape index (κ1) is 41.3. The lowest BCUT2D eigenvalue weighted by Crippen LogP contribution is -2.20. The van der Waals surface area contributed by atoms with E-state index in [2.05, 4.69) is 79.1 Å². The van der Waals surface area contributed by atoms with Gasteiger partial charge in [-0.15, -0.1) is 38.5 Å². The summed E-state index contributed by atoms with van der Waals surface area (Å²) in [6.45, 7) is 0. The summed E-state index contributed by atoms with van der Waals surface area (Å²) in [4.78, 5) is 10.7. The molecule has 0 N–H and O–H groups in total. The van der Waals surface area contributed by atoms with Gasteiger partial charge in [0.1, 0.15) is 0 Å². The molecule has 0 fully saturated rings. The lowest BCUT2D eigenvalue weighted by atomic mass is 10.4. The minimum absolute atomic E-state index is 0.728. The van der Waals surface area contributed by atoms with Crippen LogP contribution in [0.3, 0.4) is 0 Å². The van der Waals surface area contributed by atoms with E-state index in [4.69, 9.17) is 27.8 Å². The second-order valence-corrected chi connectivity index (χ2v) is 26.1. The molecule has 8 rings (SSSR count). The Kier molecular flexibility index (Phi) is 13.4. The van der Waals surface area contributed by atoms with Gasteiger partial charge in [0.2, 0.25) is 0 Å². The van der Waals surface area contributed by atoms with Crippen LogP contribution in [0.15, 0.2) is 243 Å². The van der Waals surface area contributed by atoms with E-state index in [-0.39, 0.29) is 0 Å². The lowest BCUT2D eigenvalue weighted by molar-refractivity contribution is 0.592. The van der Waals surface area contributed by atoms with Crippen LogP contribution in [0.2, 0.25) is 0 Å². The van der Waals surface area contributed by atoms with E-state index in [0.29, 0.717) is 0 Å². The molecule has 8 aromatic rings. The fraction of sp³-hybridized carbons (Fsp3) is 0. The van der Waals surface area contributed by atoms with Gasteiger partial charge in [0.25, 0.3) is 0 Å². The van der Waals surface area contributed by atoms with Crippen molar-refractivity contribution in [2.24, 2.45) is 0 Å². The third-order valence-corrected chi connectivity index (χ3v) is 24.7. The van der Waals surface area contributed by atoms with Crippen LogP contribution in [-0.4, -0.2) is 12.6 Å². The highest BCUT2D eigenvalue weighted by Gasteiger charge is 2.24. The van der Waals surface area contributed by atoms with Crippen molar-refractivity contribution in [2.45, 2.75) is 0 Å². The van der Waals surface area contributed by atoms with Crippen molar-refractivity contribution in [3.8, 4) is 0 Å². The highest BCUT2D eigenvalue weighted by molar-refractivity contribution is 8.27. The van der Waals surface area contributed by atoms with Crippen LogP contribution in [0.5, 0.6) is 0 Å². The third-order valence-electron chi connectivity index (χ3n) is 9.72. The Balaban J connectivity index is 0.000000177. The Morgan fingerprint density at radius 1 is 0.293 bits per heavy atom. The molecule has 8 aromatic carbocycles. The zero-order valence-corrected chi connectivity index (χ0v) is 36.4. The molecule has 8 heteroatoms. The van der Waals surface area contributed by atoms with Crippen LogP contribution in [0, 0.1) is 0 Å². The second-order valence-electron chi connectivity index (χ2n) is 13.6. The lowest BCUT2D eigenvalue weighted by Gasteiger charge is -2.48. The molecule has 0 spiro atoms. The quantitative estimate of drug-likeness (QED) is 0.115. The highest BCUT2D eigenvalue weighted by atomic mass is 32.4. The monoisotopic (exact) mass is 844 g/mol. The van der Waals surface area contributed by atoms with Crippen LogP contribution < -0.4 is 42.4 Å². The van der Waals surface area contributed by atoms with E-state index in [1.807, 2.05) is 170 Å². The minimum atomic E-state index is -3.26. The fourth-order valence-electron chi connectivity index (χ4n) is 6.66. The van der Waals surface area contributed by atoms with Gasteiger partial charge in [0, 0.05) is 0 Å². The molecule has 0 amide bonds. The van der Waals surface area contributed by atoms with Crippen molar-refractivity contribution in [1.82, 2.24) is 0 Å². The predicted molar refractivity (Wildman–Crippen MR) is 265 cm³/mol. The summed E-state index contributed by atoms with van der Waals surface area (Å²) < 4.78 is 14.6. The number of hydrogen-bond donors (Lipinski definition) is 0. The van der Waals surface area contributed by atoms with Gasteiger partial charge in [-0.2, -0.15) is 0 Å². The Bertz CT molecular complexity index is 2150. The predicted octanol–water partition coefficient (Wildman–Crippen LogP) is 10.7. The van der Waals surface area contributed by atoms with Crippen LogP contribution in [-0.2, 0) is 16.4 Å². The normalized spacial score (nSPS) is 11.9. The van der Waals surface area contributed by atoms with E-state index >= 15 is 0 Å². The third kappa shape index (κ3) is 9.07. The first-order valence-electron chi connectivity index (χ1n) is 18.9. The molecule has 0 aliphatic rings.